The molecule has 1 aliphatic rings. The van der Waals surface area contributed by atoms with Crippen molar-refractivity contribution < 1.29 is 9.53 Å². The molecule has 0 spiro atoms. The second-order valence-electron chi connectivity index (χ2n) is 6.69. The minimum atomic E-state index is 0.0775. The van der Waals surface area contributed by atoms with Gasteiger partial charge in [-0.1, -0.05) is 13.8 Å². The Morgan fingerprint density at radius 2 is 2.18 bits per heavy atom. The number of rotatable bonds is 6. The lowest BCUT2D eigenvalue weighted by Crippen LogP contribution is -2.44. The van der Waals surface area contributed by atoms with Crippen molar-refractivity contribution in [3.8, 4) is 0 Å². The molecule has 1 atom stereocenters. The van der Waals surface area contributed by atoms with Crippen LogP contribution in [0.3, 0.4) is 0 Å². The summed E-state index contributed by atoms with van der Waals surface area (Å²) in [6, 6.07) is 0.283. The summed E-state index contributed by atoms with van der Waals surface area (Å²) in [5, 5.41) is 0. The van der Waals surface area contributed by atoms with Gasteiger partial charge in [0.1, 0.15) is 11.5 Å². The van der Waals surface area contributed by atoms with Crippen LogP contribution in [0.1, 0.15) is 75.6 Å². The summed E-state index contributed by atoms with van der Waals surface area (Å²) < 4.78 is 5.66. The lowest BCUT2D eigenvalue weighted by atomic mass is 9.99. The molecule has 1 N–H and O–H groups in total. The lowest BCUT2D eigenvalue weighted by molar-refractivity contribution is 0.0395. The third-order valence-corrected chi connectivity index (χ3v) is 4.16. The largest absolute Gasteiger partial charge is 0.379 e. The minimum Gasteiger partial charge on any atom is -0.379 e. The fourth-order valence-corrected chi connectivity index (χ4v) is 2.90. The zero-order valence-electron chi connectivity index (χ0n) is 14.3. The van der Waals surface area contributed by atoms with Crippen molar-refractivity contribution in [1.29, 1.82) is 0 Å². The number of hydrogen-bond donors (Lipinski definition) is 1. The SMILES string of the molecule is CC(C)OCCC1CCCCN1C(=O)c1cnc(C(C)C)[nH]1. The molecule has 1 aromatic heterocycles. The molecule has 1 amide bonds. The van der Waals surface area contributed by atoms with Crippen LogP contribution in [-0.4, -0.2) is 46.1 Å². The van der Waals surface area contributed by atoms with Gasteiger partial charge in [0.15, 0.2) is 0 Å². The Bertz CT molecular complexity index is 482. The lowest BCUT2D eigenvalue weighted by Gasteiger charge is -2.35. The molecule has 2 rings (SSSR count). The Morgan fingerprint density at radius 1 is 1.41 bits per heavy atom. The number of aromatic amines is 1. The van der Waals surface area contributed by atoms with Gasteiger partial charge in [0.2, 0.25) is 0 Å². The van der Waals surface area contributed by atoms with Gasteiger partial charge in [0, 0.05) is 25.1 Å². The molecular weight excluding hydrogens is 278 g/mol. The molecule has 2 heterocycles. The molecule has 124 valence electrons. The van der Waals surface area contributed by atoms with Crippen molar-refractivity contribution in [2.45, 2.75) is 71.4 Å². The van der Waals surface area contributed by atoms with Crippen LogP contribution >= 0.6 is 0 Å². The molecule has 1 aliphatic heterocycles. The molecule has 1 aromatic rings. The van der Waals surface area contributed by atoms with Crippen LogP contribution in [0.2, 0.25) is 0 Å². The number of H-pyrrole nitrogens is 1. The van der Waals surface area contributed by atoms with Crippen molar-refractivity contribution in [2.75, 3.05) is 13.2 Å². The number of ether oxygens (including phenoxy) is 1. The minimum absolute atomic E-state index is 0.0775. The molecule has 1 unspecified atom stereocenters. The van der Waals surface area contributed by atoms with E-state index in [0.717, 1.165) is 31.6 Å². The van der Waals surface area contributed by atoms with E-state index in [9.17, 15) is 4.79 Å². The van der Waals surface area contributed by atoms with Crippen LogP contribution in [-0.2, 0) is 4.74 Å². The van der Waals surface area contributed by atoms with E-state index in [1.165, 1.54) is 6.42 Å². The standard InChI is InChI=1S/C17H29N3O2/c1-12(2)16-18-11-15(19-16)17(21)20-9-6-5-7-14(20)8-10-22-13(3)4/h11-14H,5-10H2,1-4H3,(H,18,19). The van der Waals surface area contributed by atoms with Crippen molar-refractivity contribution in [3.05, 3.63) is 17.7 Å². The second-order valence-corrected chi connectivity index (χ2v) is 6.69. The van der Waals surface area contributed by atoms with Crippen LogP contribution in [0, 0.1) is 0 Å². The van der Waals surface area contributed by atoms with Gasteiger partial charge in [-0.3, -0.25) is 4.79 Å². The van der Waals surface area contributed by atoms with E-state index in [-0.39, 0.29) is 18.1 Å². The molecule has 0 saturated carbocycles. The number of nitrogens with one attached hydrogen (secondary N) is 1. The van der Waals surface area contributed by atoms with Gasteiger partial charge in [-0.25, -0.2) is 4.98 Å². The molecule has 22 heavy (non-hydrogen) atoms. The smallest absolute Gasteiger partial charge is 0.272 e. The van der Waals surface area contributed by atoms with E-state index in [1.807, 2.05) is 18.7 Å². The van der Waals surface area contributed by atoms with Gasteiger partial charge in [-0.2, -0.15) is 0 Å². The number of amides is 1. The topological polar surface area (TPSA) is 58.2 Å². The van der Waals surface area contributed by atoms with Crippen molar-refractivity contribution in [2.24, 2.45) is 0 Å². The first-order valence-corrected chi connectivity index (χ1v) is 8.46. The highest BCUT2D eigenvalue weighted by atomic mass is 16.5. The average molecular weight is 307 g/mol. The molecule has 0 aromatic carbocycles. The van der Waals surface area contributed by atoms with E-state index in [1.54, 1.807) is 6.20 Å². The summed E-state index contributed by atoms with van der Waals surface area (Å²) in [6.07, 6.45) is 6.17. The third-order valence-electron chi connectivity index (χ3n) is 4.16. The van der Waals surface area contributed by atoms with Gasteiger partial charge < -0.3 is 14.6 Å². The van der Waals surface area contributed by atoms with E-state index in [2.05, 4.69) is 23.8 Å². The first-order chi connectivity index (χ1) is 10.5. The van der Waals surface area contributed by atoms with Crippen LogP contribution in [0.5, 0.6) is 0 Å². The van der Waals surface area contributed by atoms with Crippen molar-refractivity contribution in [3.63, 3.8) is 0 Å². The monoisotopic (exact) mass is 307 g/mol. The van der Waals surface area contributed by atoms with Crippen molar-refractivity contribution >= 4 is 5.91 Å². The van der Waals surface area contributed by atoms with E-state index in [0.29, 0.717) is 18.2 Å². The summed E-state index contributed by atoms with van der Waals surface area (Å²) in [5.41, 5.74) is 0.611. The maximum absolute atomic E-state index is 12.8. The molecule has 1 fully saturated rings. The van der Waals surface area contributed by atoms with Crippen molar-refractivity contribution in [1.82, 2.24) is 14.9 Å². The van der Waals surface area contributed by atoms with Gasteiger partial charge in [-0.05, 0) is 39.5 Å². The van der Waals surface area contributed by atoms with E-state index >= 15 is 0 Å². The van der Waals surface area contributed by atoms with Gasteiger partial charge in [-0.15, -0.1) is 0 Å². The van der Waals surface area contributed by atoms with Gasteiger partial charge >= 0.3 is 0 Å². The highest BCUT2D eigenvalue weighted by Crippen LogP contribution is 2.22. The average Bonchev–Trinajstić information content (AvgIpc) is 2.97. The maximum atomic E-state index is 12.8. The van der Waals surface area contributed by atoms with Gasteiger partial charge in [0.25, 0.3) is 5.91 Å². The summed E-state index contributed by atoms with van der Waals surface area (Å²) >= 11 is 0. The van der Waals surface area contributed by atoms with Crippen LogP contribution in [0.25, 0.3) is 0 Å². The summed E-state index contributed by atoms with van der Waals surface area (Å²) in [4.78, 5) is 22.2. The number of hydrogen-bond acceptors (Lipinski definition) is 3. The quantitative estimate of drug-likeness (QED) is 0.877. The summed E-state index contributed by atoms with van der Waals surface area (Å²) in [6.45, 7) is 9.78. The Hall–Kier alpha value is -1.36. The van der Waals surface area contributed by atoms with Gasteiger partial charge in [0.05, 0.1) is 12.3 Å². The van der Waals surface area contributed by atoms with Crippen LogP contribution < -0.4 is 0 Å². The molecule has 5 nitrogen and oxygen atoms in total. The Labute approximate surface area is 133 Å². The summed E-state index contributed by atoms with van der Waals surface area (Å²) in [7, 11) is 0. The number of nitrogens with zero attached hydrogens (tertiary/aromatic N) is 2. The second kappa shape index (κ2) is 7.77. The molecule has 0 radical (unpaired) electrons. The number of carbonyl (C=O) groups excluding carboxylic acids is 1. The third kappa shape index (κ3) is 4.32. The fraction of sp³-hybridized carbons (Fsp3) is 0.765. The highest BCUT2D eigenvalue weighted by molar-refractivity contribution is 5.92. The zero-order valence-corrected chi connectivity index (χ0v) is 14.3. The highest BCUT2D eigenvalue weighted by Gasteiger charge is 2.28. The predicted octanol–water partition coefficient (Wildman–Crippen LogP) is 3.34. The number of imidazole rings is 1. The molecular formula is C17H29N3O2. The molecule has 0 bridgehead atoms. The maximum Gasteiger partial charge on any atom is 0.272 e. The normalized spacial score (nSPS) is 19.2. The van der Waals surface area contributed by atoms with E-state index < -0.39 is 0 Å². The molecule has 5 heteroatoms. The van der Waals surface area contributed by atoms with E-state index in [4.69, 9.17) is 4.74 Å². The zero-order chi connectivity index (χ0) is 16.1. The number of aromatic nitrogens is 2. The number of carbonyl (C=O) groups is 1. The first kappa shape index (κ1) is 17.0. The first-order valence-electron chi connectivity index (χ1n) is 8.46. The Kier molecular flexibility index (Phi) is 6.00. The fourth-order valence-electron chi connectivity index (χ4n) is 2.90. The Balaban J connectivity index is 2.00. The molecule has 1 saturated heterocycles. The predicted molar refractivity (Wildman–Crippen MR) is 87.1 cm³/mol. The number of piperidine rings is 1. The van der Waals surface area contributed by atoms with Crippen LogP contribution in [0.15, 0.2) is 6.20 Å². The molecule has 0 aliphatic carbocycles. The summed E-state index contributed by atoms with van der Waals surface area (Å²) in [5.74, 6) is 1.26. The number of likely N-dealkylation sites (tertiary alicyclic amines) is 1. The Morgan fingerprint density at radius 3 is 2.82 bits per heavy atom. The van der Waals surface area contributed by atoms with Crippen LogP contribution in [0.4, 0.5) is 0 Å².